The predicted octanol–water partition coefficient (Wildman–Crippen LogP) is 2.74. The van der Waals surface area contributed by atoms with Crippen molar-refractivity contribution in [2.75, 3.05) is 6.61 Å². The molecule has 1 N–H and O–H groups in total. The molecule has 0 bridgehead atoms. The molecule has 0 saturated heterocycles. The van der Waals surface area contributed by atoms with Crippen LogP contribution in [0, 0.1) is 0 Å². The van der Waals surface area contributed by atoms with Crippen LogP contribution in [0.25, 0.3) is 0 Å². The Bertz CT molecular complexity index is 316. The zero-order chi connectivity index (χ0) is 10.5. The van der Waals surface area contributed by atoms with Crippen molar-refractivity contribution in [2.45, 2.75) is 31.8 Å². The van der Waals surface area contributed by atoms with Crippen LogP contribution in [0.3, 0.4) is 0 Å². The van der Waals surface area contributed by atoms with Crippen molar-refractivity contribution in [1.29, 1.82) is 0 Å². The third kappa shape index (κ3) is 3.08. The zero-order valence-electron chi connectivity index (χ0n) is 8.69. The lowest BCUT2D eigenvalue weighted by Crippen LogP contribution is -2.10. The van der Waals surface area contributed by atoms with E-state index in [1.165, 1.54) is 4.88 Å². The van der Waals surface area contributed by atoms with Crippen molar-refractivity contribution in [2.24, 2.45) is 0 Å². The fraction of sp³-hybridized carbons (Fsp3) is 0.500. The number of ether oxygens (including phenoxy) is 1. The van der Waals surface area contributed by atoms with Crippen molar-refractivity contribution in [1.82, 2.24) is 0 Å². The highest BCUT2D eigenvalue weighted by Gasteiger charge is 2.15. The van der Waals surface area contributed by atoms with Crippen LogP contribution in [0.15, 0.2) is 29.3 Å². The molecule has 2 heterocycles. The van der Waals surface area contributed by atoms with E-state index in [0.29, 0.717) is 0 Å². The number of thiophene rings is 1. The van der Waals surface area contributed by atoms with E-state index in [2.05, 4.69) is 17.5 Å². The molecule has 1 aromatic rings. The molecule has 0 spiro atoms. The Kier molecular flexibility index (Phi) is 3.80. The molecule has 0 fully saturated rings. The van der Waals surface area contributed by atoms with Gasteiger partial charge in [0.15, 0.2) is 0 Å². The first-order valence-corrected chi connectivity index (χ1v) is 6.27. The van der Waals surface area contributed by atoms with Crippen LogP contribution in [-0.4, -0.2) is 17.8 Å². The Morgan fingerprint density at radius 1 is 1.53 bits per heavy atom. The van der Waals surface area contributed by atoms with Gasteiger partial charge in [-0.15, -0.1) is 11.3 Å². The molecule has 15 heavy (non-hydrogen) atoms. The summed E-state index contributed by atoms with van der Waals surface area (Å²) in [6.45, 7) is 0.733. The van der Waals surface area contributed by atoms with Gasteiger partial charge in [-0.2, -0.15) is 0 Å². The Morgan fingerprint density at radius 3 is 3.13 bits per heavy atom. The molecular formula is C12H16O2S. The highest BCUT2D eigenvalue weighted by molar-refractivity contribution is 7.09. The molecule has 2 rings (SSSR count). The van der Waals surface area contributed by atoms with Crippen molar-refractivity contribution >= 4 is 11.3 Å². The van der Waals surface area contributed by atoms with Gasteiger partial charge in [0.2, 0.25) is 0 Å². The van der Waals surface area contributed by atoms with Gasteiger partial charge in [-0.05, 0) is 36.8 Å². The topological polar surface area (TPSA) is 29.5 Å². The second-order valence-corrected chi connectivity index (χ2v) is 4.76. The van der Waals surface area contributed by atoms with E-state index in [1.54, 1.807) is 11.3 Å². The molecular weight excluding hydrogens is 208 g/mol. The minimum absolute atomic E-state index is 0.396. The van der Waals surface area contributed by atoms with Crippen LogP contribution in [0.4, 0.5) is 0 Å². The summed E-state index contributed by atoms with van der Waals surface area (Å²) in [7, 11) is 0. The lowest BCUT2D eigenvalue weighted by atomic mass is 10.1. The van der Waals surface area contributed by atoms with Crippen molar-refractivity contribution in [3.63, 3.8) is 0 Å². The molecule has 0 amide bonds. The van der Waals surface area contributed by atoms with Gasteiger partial charge in [0, 0.05) is 11.3 Å². The summed E-state index contributed by atoms with van der Waals surface area (Å²) < 4.78 is 5.32. The molecule has 2 nitrogen and oxygen atoms in total. The smallest absolute Gasteiger partial charge is 0.121 e. The van der Waals surface area contributed by atoms with E-state index in [0.717, 1.165) is 38.0 Å². The van der Waals surface area contributed by atoms with E-state index in [-0.39, 0.29) is 0 Å². The van der Waals surface area contributed by atoms with Gasteiger partial charge in [0.25, 0.3) is 0 Å². The summed E-state index contributed by atoms with van der Waals surface area (Å²) in [5, 5.41) is 11.9. The van der Waals surface area contributed by atoms with E-state index in [9.17, 15) is 5.11 Å². The molecule has 82 valence electrons. The maximum atomic E-state index is 9.79. The van der Waals surface area contributed by atoms with E-state index >= 15 is 0 Å². The summed E-state index contributed by atoms with van der Waals surface area (Å²) in [6, 6.07) is 4.21. The molecule has 0 aromatic carbocycles. The Balaban J connectivity index is 1.69. The fourth-order valence-electron chi connectivity index (χ4n) is 1.74. The van der Waals surface area contributed by atoms with Gasteiger partial charge >= 0.3 is 0 Å². The lowest BCUT2D eigenvalue weighted by Gasteiger charge is -2.11. The first-order valence-electron chi connectivity index (χ1n) is 5.39. The van der Waals surface area contributed by atoms with Crippen molar-refractivity contribution in [3.05, 3.63) is 34.2 Å². The molecule has 1 unspecified atom stereocenters. The van der Waals surface area contributed by atoms with E-state index < -0.39 is 6.10 Å². The van der Waals surface area contributed by atoms with Crippen LogP contribution in [-0.2, 0) is 11.2 Å². The number of aryl methyl sites for hydroxylation is 1. The fourth-order valence-corrected chi connectivity index (χ4v) is 2.49. The first-order chi connectivity index (χ1) is 7.36. The van der Waals surface area contributed by atoms with Crippen LogP contribution in [0.2, 0.25) is 0 Å². The van der Waals surface area contributed by atoms with Crippen LogP contribution in [0.5, 0.6) is 0 Å². The summed E-state index contributed by atoms with van der Waals surface area (Å²) >= 11 is 1.78. The molecule has 0 saturated carbocycles. The average molecular weight is 224 g/mol. The maximum absolute atomic E-state index is 9.79. The highest BCUT2D eigenvalue weighted by Crippen LogP contribution is 2.19. The van der Waals surface area contributed by atoms with E-state index in [4.69, 9.17) is 4.74 Å². The molecule has 0 aliphatic carbocycles. The summed E-state index contributed by atoms with van der Waals surface area (Å²) in [6.07, 6.45) is 5.41. The SMILES string of the molecule is OC(CCCc1cccs1)C1=CCCO1. The molecule has 3 heteroatoms. The monoisotopic (exact) mass is 224 g/mol. The number of aliphatic hydroxyl groups is 1. The Morgan fingerprint density at radius 2 is 2.47 bits per heavy atom. The minimum atomic E-state index is -0.396. The Labute approximate surface area is 94.2 Å². The molecule has 1 aliphatic heterocycles. The van der Waals surface area contributed by atoms with Gasteiger partial charge in [-0.3, -0.25) is 0 Å². The second kappa shape index (κ2) is 5.33. The van der Waals surface area contributed by atoms with Crippen LogP contribution >= 0.6 is 11.3 Å². The van der Waals surface area contributed by atoms with Crippen molar-refractivity contribution < 1.29 is 9.84 Å². The van der Waals surface area contributed by atoms with Gasteiger partial charge in [0.05, 0.1) is 6.61 Å². The van der Waals surface area contributed by atoms with Gasteiger partial charge < -0.3 is 9.84 Å². The minimum Gasteiger partial charge on any atom is -0.495 e. The number of aliphatic hydroxyl groups excluding tert-OH is 1. The number of rotatable bonds is 5. The van der Waals surface area contributed by atoms with Gasteiger partial charge in [0.1, 0.15) is 11.9 Å². The molecule has 1 aromatic heterocycles. The summed E-state index contributed by atoms with van der Waals surface area (Å²) in [4.78, 5) is 1.39. The first kappa shape index (κ1) is 10.7. The van der Waals surface area contributed by atoms with E-state index in [1.807, 2.05) is 6.08 Å². The highest BCUT2D eigenvalue weighted by atomic mass is 32.1. The van der Waals surface area contributed by atoms with Crippen LogP contribution in [0.1, 0.15) is 24.1 Å². The normalized spacial score (nSPS) is 17.3. The maximum Gasteiger partial charge on any atom is 0.121 e. The molecule has 0 radical (unpaired) electrons. The Hall–Kier alpha value is -0.800. The third-order valence-electron chi connectivity index (χ3n) is 2.54. The number of hydrogen-bond donors (Lipinski definition) is 1. The van der Waals surface area contributed by atoms with Gasteiger partial charge in [-0.1, -0.05) is 6.07 Å². The molecule has 1 aliphatic rings. The summed E-state index contributed by atoms with van der Waals surface area (Å²) in [5.74, 6) is 0.779. The quantitative estimate of drug-likeness (QED) is 0.833. The standard InChI is InChI=1S/C12H16O2S/c13-11(12-7-2-8-14-12)6-1-4-10-5-3-9-15-10/h3,5,7,9,11,13H,1-2,4,6,8H2. The lowest BCUT2D eigenvalue weighted by molar-refractivity contribution is 0.110. The van der Waals surface area contributed by atoms with Crippen LogP contribution < -0.4 is 0 Å². The number of hydrogen-bond acceptors (Lipinski definition) is 3. The predicted molar refractivity (Wildman–Crippen MR) is 61.9 cm³/mol. The largest absolute Gasteiger partial charge is 0.495 e. The second-order valence-electron chi connectivity index (χ2n) is 3.73. The average Bonchev–Trinajstić information content (AvgIpc) is 2.90. The summed E-state index contributed by atoms with van der Waals surface area (Å²) in [5.41, 5.74) is 0. The van der Waals surface area contributed by atoms with Crippen molar-refractivity contribution in [3.8, 4) is 0 Å². The molecule has 1 atom stereocenters. The third-order valence-corrected chi connectivity index (χ3v) is 3.48. The zero-order valence-corrected chi connectivity index (χ0v) is 9.50. The van der Waals surface area contributed by atoms with Gasteiger partial charge in [-0.25, -0.2) is 0 Å².